The van der Waals surface area contributed by atoms with Crippen LogP contribution < -0.4 is 0 Å². The summed E-state index contributed by atoms with van der Waals surface area (Å²) in [5.74, 6) is 0.660. The van der Waals surface area contributed by atoms with E-state index in [-0.39, 0.29) is 0 Å². The Balaban J connectivity index is 2.26. The van der Waals surface area contributed by atoms with Crippen molar-refractivity contribution in [2.75, 3.05) is 0 Å². The van der Waals surface area contributed by atoms with Crippen molar-refractivity contribution in [2.24, 2.45) is 0 Å². The van der Waals surface area contributed by atoms with E-state index in [2.05, 4.69) is 20.2 Å². The minimum Gasteiger partial charge on any atom is -0.313 e. The minimum absolute atomic E-state index is 0.503. The van der Waals surface area contributed by atoms with Gasteiger partial charge in [-0.15, -0.1) is 0 Å². The fourth-order valence-corrected chi connectivity index (χ4v) is 1.80. The first-order valence-electron chi connectivity index (χ1n) is 4.84. The van der Waals surface area contributed by atoms with Crippen molar-refractivity contribution >= 4 is 17.9 Å². The molecule has 6 heteroatoms. The van der Waals surface area contributed by atoms with Gasteiger partial charge in [0.1, 0.15) is 11.3 Å². The largest absolute Gasteiger partial charge is 0.313 e. The summed E-state index contributed by atoms with van der Waals surface area (Å²) in [7, 11) is 0. The summed E-state index contributed by atoms with van der Waals surface area (Å²) in [6.45, 7) is 2.03. The molecule has 0 spiro atoms. The summed E-state index contributed by atoms with van der Waals surface area (Å²) in [4.78, 5) is 7.41. The van der Waals surface area contributed by atoms with Gasteiger partial charge in [0, 0.05) is 11.9 Å². The zero-order chi connectivity index (χ0) is 11.1. The zero-order valence-electron chi connectivity index (χ0n) is 8.56. The number of imidazole rings is 1. The van der Waals surface area contributed by atoms with Gasteiger partial charge in [0.25, 0.3) is 0 Å². The lowest BCUT2D eigenvalue weighted by molar-refractivity contribution is 1.08. The summed E-state index contributed by atoms with van der Waals surface area (Å²) in [5.41, 5.74) is 2.81. The maximum Gasteiger partial charge on any atom is 0.192 e. The Labute approximate surface area is 96.2 Å². The van der Waals surface area contributed by atoms with Crippen LogP contribution in [0.3, 0.4) is 0 Å². The van der Waals surface area contributed by atoms with Crippen molar-refractivity contribution in [3.05, 3.63) is 34.9 Å². The first-order chi connectivity index (χ1) is 7.74. The van der Waals surface area contributed by atoms with Gasteiger partial charge in [-0.05, 0) is 31.3 Å². The van der Waals surface area contributed by atoms with Crippen LogP contribution in [0.2, 0.25) is 0 Å². The second-order valence-electron chi connectivity index (χ2n) is 3.55. The number of hydrogen-bond donors (Lipinski definition) is 2. The van der Waals surface area contributed by atoms with E-state index >= 15 is 0 Å². The number of H-pyrrole nitrogens is 2. The molecule has 0 amide bonds. The highest BCUT2D eigenvalue weighted by Crippen LogP contribution is 2.15. The number of nitrogens with one attached hydrogen (secondary N) is 2. The smallest absolute Gasteiger partial charge is 0.192 e. The number of aryl methyl sites for hydroxylation is 1. The Bertz CT molecular complexity index is 705. The monoisotopic (exact) mass is 231 g/mol. The third kappa shape index (κ3) is 1.35. The fourth-order valence-electron chi connectivity index (χ4n) is 1.65. The molecule has 0 aliphatic rings. The molecular formula is C10H9N5S. The molecule has 2 N–H and O–H groups in total. The summed E-state index contributed by atoms with van der Waals surface area (Å²) in [6, 6.07) is 5.97. The first kappa shape index (κ1) is 9.29. The molecule has 3 rings (SSSR count). The first-order valence-corrected chi connectivity index (χ1v) is 5.24. The van der Waals surface area contributed by atoms with Gasteiger partial charge in [-0.3, -0.25) is 5.10 Å². The van der Waals surface area contributed by atoms with Crippen molar-refractivity contribution in [3.8, 4) is 11.5 Å². The Morgan fingerprint density at radius 2 is 2.25 bits per heavy atom. The van der Waals surface area contributed by atoms with E-state index in [0.717, 1.165) is 17.0 Å². The Hall–Kier alpha value is -1.95. The number of fused-ring (bicyclic) bond motifs is 1. The Morgan fingerprint density at radius 1 is 1.38 bits per heavy atom. The fraction of sp³-hybridized carbons (Fsp3) is 0.100. The molecule has 80 valence electrons. The van der Waals surface area contributed by atoms with E-state index in [9.17, 15) is 0 Å². The SMILES string of the molecule is Cc1cccc2nc(-c3n[nH]c(=S)[nH]3)cn12. The van der Waals surface area contributed by atoms with Gasteiger partial charge in [0.15, 0.2) is 10.6 Å². The van der Waals surface area contributed by atoms with E-state index in [1.165, 1.54) is 0 Å². The number of rotatable bonds is 1. The van der Waals surface area contributed by atoms with Crippen molar-refractivity contribution in [2.45, 2.75) is 6.92 Å². The molecule has 0 aromatic carbocycles. The van der Waals surface area contributed by atoms with Gasteiger partial charge in [0.05, 0.1) is 0 Å². The number of hydrogen-bond acceptors (Lipinski definition) is 3. The molecule has 3 heterocycles. The predicted octanol–water partition coefficient (Wildman–Crippen LogP) is 2.09. The van der Waals surface area contributed by atoms with Crippen LogP contribution in [0.25, 0.3) is 17.2 Å². The molecule has 0 radical (unpaired) electrons. The molecule has 0 fully saturated rings. The predicted molar refractivity (Wildman–Crippen MR) is 62.7 cm³/mol. The van der Waals surface area contributed by atoms with Crippen LogP contribution in [0.15, 0.2) is 24.4 Å². The molecule has 0 bridgehead atoms. The summed E-state index contributed by atoms with van der Waals surface area (Å²) >= 11 is 4.93. The standard InChI is InChI=1S/C10H9N5S/c1-6-3-2-4-8-11-7(5-15(6)8)9-12-10(16)14-13-9/h2-5H,1H3,(H2,12,13,14,16). The maximum absolute atomic E-state index is 4.93. The van der Waals surface area contributed by atoms with Crippen molar-refractivity contribution < 1.29 is 0 Å². The van der Waals surface area contributed by atoms with Crippen LogP contribution in [0, 0.1) is 11.7 Å². The average Bonchev–Trinajstić information content (AvgIpc) is 2.84. The second-order valence-corrected chi connectivity index (χ2v) is 3.96. The van der Waals surface area contributed by atoms with Crippen molar-refractivity contribution in [1.29, 1.82) is 0 Å². The molecule has 0 unspecified atom stereocenters. The van der Waals surface area contributed by atoms with Gasteiger partial charge >= 0.3 is 0 Å². The van der Waals surface area contributed by atoms with E-state index < -0.39 is 0 Å². The van der Waals surface area contributed by atoms with Gasteiger partial charge < -0.3 is 9.38 Å². The van der Waals surface area contributed by atoms with Gasteiger partial charge in [0.2, 0.25) is 0 Å². The van der Waals surface area contributed by atoms with Crippen molar-refractivity contribution in [1.82, 2.24) is 24.6 Å². The lowest BCUT2D eigenvalue weighted by Crippen LogP contribution is -1.86. The number of nitrogens with zero attached hydrogens (tertiary/aromatic N) is 3. The molecule has 5 nitrogen and oxygen atoms in total. The van der Waals surface area contributed by atoms with Gasteiger partial charge in [-0.25, -0.2) is 4.98 Å². The minimum atomic E-state index is 0.503. The van der Waals surface area contributed by atoms with Gasteiger partial charge in [-0.2, -0.15) is 5.10 Å². The molecule has 16 heavy (non-hydrogen) atoms. The molecule has 0 atom stereocenters. The van der Waals surface area contributed by atoms with E-state index in [4.69, 9.17) is 12.2 Å². The topological polar surface area (TPSA) is 61.8 Å². The molecule has 3 aromatic heterocycles. The second kappa shape index (κ2) is 3.28. The third-order valence-electron chi connectivity index (χ3n) is 2.44. The van der Waals surface area contributed by atoms with E-state index in [0.29, 0.717) is 10.6 Å². The summed E-state index contributed by atoms with van der Waals surface area (Å²) in [6.07, 6.45) is 1.94. The van der Waals surface area contributed by atoms with Crippen LogP contribution in [0.5, 0.6) is 0 Å². The highest BCUT2D eigenvalue weighted by Gasteiger charge is 2.07. The average molecular weight is 231 g/mol. The lowest BCUT2D eigenvalue weighted by Gasteiger charge is -1.95. The van der Waals surface area contributed by atoms with Crippen LogP contribution in [-0.2, 0) is 0 Å². The molecule has 0 aliphatic heterocycles. The summed E-state index contributed by atoms with van der Waals surface area (Å²) < 4.78 is 2.52. The quantitative estimate of drug-likeness (QED) is 0.630. The molecule has 3 aromatic rings. The van der Waals surface area contributed by atoms with Crippen LogP contribution in [0.1, 0.15) is 5.69 Å². The molecule has 0 saturated carbocycles. The maximum atomic E-state index is 4.93. The van der Waals surface area contributed by atoms with Gasteiger partial charge in [-0.1, -0.05) is 6.07 Å². The molecule has 0 saturated heterocycles. The van der Waals surface area contributed by atoms with Crippen LogP contribution in [-0.4, -0.2) is 24.6 Å². The van der Waals surface area contributed by atoms with Crippen molar-refractivity contribution in [3.63, 3.8) is 0 Å². The normalized spacial score (nSPS) is 11.1. The lowest BCUT2D eigenvalue weighted by atomic mass is 10.4. The van der Waals surface area contributed by atoms with E-state index in [1.54, 1.807) is 0 Å². The van der Waals surface area contributed by atoms with E-state index in [1.807, 2.05) is 35.7 Å². The van der Waals surface area contributed by atoms with Crippen LogP contribution >= 0.6 is 12.2 Å². The third-order valence-corrected chi connectivity index (χ3v) is 2.63. The number of aromatic nitrogens is 5. The Kier molecular flexibility index (Phi) is 1.90. The number of pyridine rings is 1. The zero-order valence-corrected chi connectivity index (χ0v) is 9.38. The number of aromatic amines is 2. The summed E-state index contributed by atoms with van der Waals surface area (Å²) in [5, 5.41) is 6.74. The Morgan fingerprint density at radius 3 is 2.94 bits per heavy atom. The molecular weight excluding hydrogens is 222 g/mol. The molecule has 0 aliphatic carbocycles. The highest BCUT2D eigenvalue weighted by molar-refractivity contribution is 7.71. The van der Waals surface area contributed by atoms with Crippen LogP contribution in [0.4, 0.5) is 0 Å². The highest BCUT2D eigenvalue weighted by atomic mass is 32.1.